The van der Waals surface area contributed by atoms with Gasteiger partial charge in [-0.1, -0.05) is 6.42 Å². The number of likely N-dealkylation sites (tertiary alicyclic amines) is 1. The summed E-state index contributed by atoms with van der Waals surface area (Å²) in [6.07, 6.45) is 6.93. The van der Waals surface area contributed by atoms with Crippen LogP contribution < -0.4 is 5.73 Å². The van der Waals surface area contributed by atoms with E-state index >= 15 is 0 Å². The molecule has 0 aromatic heterocycles. The van der Waals surface area contributed by atoms with Crippen molar-refractivity contribution in [2.75, 3.05) is 46.8 Å². The molecule has 1 aliphatic heterocycles. The largest absolute Gasteiger partial charge is 0.330 e. The summed E-state index contributed by atoms with van der Waals surface area (Å²) < 4.78 is 0. The zero-order chi connectivity index (χ0) is 13.0. The molecule has 0 aromatic carbocycles. The van der Waals surface area contributed by atoms with Gasteiger partial charge in [-0.25, -0.2) is 0 Å². The average molecular weight is 253 g/mol. The molecule has 1 saturated heterocycles. The van der Waals surface area contributed by atoms with E-state index < -0.39 is 0 Å². The van der Waals surface area contributed by atoms with Crippen molar-refractivity contribution in [3.8, 4) is 0 Å². The van der Waals surface area contributed by atoms with Gasteiger partial charge >= 0.3 is 0 Å². The zero-order valence-electron chi connectivity index (χ0n) is 12.3. The number of rotatable bonds is 5. The molecule has 106 valence electrons. The van der Waals surface area contributed by atoms with Crippen molar-refractivity contribution < 1.29 is 0 Å². The second-order valence-corrected chi connectivity index (χ2v) is 6.65. The number of nitrogens with zero attached hydrogens (tertiary/aromatic N) is 2. The van der Waals surface area contributed by atoms with Crippen LogP contribution in [0.3, 0.4) is 0 Å². The lowest BCUT2D eigenvalue weighted by molar-refractivity contribution is 0.158. The summed E-state index contributed by atoms with van der Waals surface area (Å²) in [5.41, 5.74) is 5.88. The molecule has 0 amide bonds. The van der Waals surface area contributed by atoms with Gasteiger partial charge in [-0.3, -0.25) is 0 Å². The summed E-state index contributed by atoms with van der Waals surface area (Å²) in [5.74, 6) is 2.58. The highest BCUT2D eigenvalue weighted by Gasteiger charge is 2.27. The molecule has 18 heavy (non-hydrogen) atoms. The third kappa shape index (κ3) is 3.94. The third-order valence-electron chi connectivity index (χ3n) is 5.07. The first kappa shape index (κ1) is 14.3. The van der Waals surface area contributed by atoms with Crippen LogP contribution in [-0.2, 0) is 0 Å². The van der Waals surface area contributed by atoms with E-state index in [4.69, 9.17) is 5.73 Å². The molecule has 0 aromatic rings. The molecular weight excluding hydrogens is 222 g/mol. The number of hydrogen-bond donors (Lipinski definition) is 1. The molecule has 1 saturated carbocycles. The Balaban J connectivity index is 1.69. The normalized spacial score (nSPS) is 31.3. The maximum Gasteiger partial charge on any atom is 0.000985 e. The molecule has 2 unspecified atom stereocenters. The van der Waals surface area contributed by atoms with Gasteiger partial charge in [-0.2, -0.15) is 0 Å². The Labute approximate surface area is 113 Å². The molecular formula is C15H31N3. The molecule has 2 rings (SSSR count). The molecule has 2 N–H and O–H groups in total. The van der Waals surface area contributed by atoms with Crippen LogP contribution >= 0.6 is 0 Å². The minimum Gasteiger partial charge on any atom is -0.330 e. The van der Waals surface area contributed by atoms with Crippen molar-refractivity contribution in [1.29, 1.82) is 0 Å². The number of nitrogens with two attached hydrogens (primary N) is 1. The Morgan fingerprint density at radius 3 is 2.39 bits per heavy atom. The van der Waals surface area contributed by atoms with Crippen molar-refractivity contribution in [3.63, 3.8) is 0 Å². The second kappa shape index (κ2) is 6.88. The van der Waals surface area contributed by atoms with E-state index in [1.807, 2.05) is 0 Å². The van der Waals surface area contributed by atoms with Crippen LogP contribution in [0.15, 0.2) is 0 Å². The van der Waals surface area contributed by atoms with Crippen LogP contribution in [0.4, 0.5) is 0 Å². The number of hydrogen-bond acceptors (Lipinski definition) is 3. The van der Waals surface area contributed by atoms with Gasteiger partial charge in [0.05, 0.1) is 0 Å². The standard InChI is InChI=1S/C15H31N3/c1-17-8-6-13(7-9-17)11-18(2)12-15-5-3-4-14(15)10-16/h13-15H,3-12,16H2,1-2H3. The van der Waals surface area contributed by atoms with E-state index in [2.05, 4.69) is 23.9 Å². The van der Waals surface area contributed by atoms with Crippen molar-refractivity contribution in [2.45, 2.75) is 32.1 Å². The highest BCUT2D eigenvalue weighted by Crippen LogP contribution is 2.31. The van der Waals surface area contributed by atoms with Crippen LogP contribution in [0.25, 0.3) is 0 Å². The molecule has 0 spiro atoms. The summed E-state index contributed by atoms with van der Waals surface area (Å²) in [4.78, 5) is 5.03. The molecule has 0 bridgehead atoms. The van der Waals surface area contributed by atoms with Crippen LogP contribution in [-0.4, -0.2) is 56.6 Å². The van der Waals surface area contributed by atoms with Gasteiger partial charge in [0.25, 0.3) is 0 Å². The minimum absolute atomic E-state index is 0.796. The molecule has 1 aliphatic carbocycles. The third-order valence-corrected chi connectivity index (χ3v) is 5.07. The highest BCUT2D eigenvalue weighted by atomic mass is 15.1. The summed E-state index contributed by atoms with van der Waals surface area (Å²) in [5, 5.41) is 0. The van der Waals surface area contributed by atoms with Gasteiger partial charge in [0.15, 0.2) is 0 Å². The maximum absolute atomic E-state index is 5.88. The fraction of sp³-hybridized carbons (Fsp3) is 1.00. The zero-order valence-corrected chi connectivity index (χ0v) is 12.3. The van der Waals surface area contributed by atoms with Crippen LogP contribution in [0.1, 0.15) is 32.1 Å². The second-order valence-electron chi connectivity index (χ2n) is 6.65. The van der Waals surface area contributed by atoms with Gasteiger partial charge in [-0.15, -0.1) is 0 Å². The van der Waals surface area contributed by atoms with E-state index in [1.165, 1.54) is 58.3 Å². The van der Waals surface area contributed by atoms with E-state index in [0.29, 0.717) is 0 Å². The summed E-state index contributed by atoms with van der Waals surface area (Å²) >= 11 is 0. The monoisotopic (exact) mass is 253 g/mol. The Morgan fingerprint density at radius 2 is 1.72 bits per heavy atom. The Hall–Kier alpha value is -0.120. The lowest BCUT2D eigenvalue weighted by Gasteiger charge is -2.33. The van der Waals surface area contributed by atoms with E-state index in [-0.39, 0.29) is 0 Å². The maximum atomic E-state index is 5.88. The van der Waals surface area contributed by atoms with E-state index in [1.54, 1.807) is 0 Å². The van der Waals surface area contributed by atoms with Gasteiger partial charge in [-0.05, 0) is 77.2 Å². The molecule has 2 aliphatic rings. The van der Waals surface area contributed by atoms with Crippen LogP contribution in [0.5, 0.6) is 0 Å². The van der Waals surface area contributed by atoms with Crippen molar-refractivity contribution >= 4 is 0 Å². The summed E-state index contributed by atoms with van der Waals surface area (Å²) in [6, 6.07) is 0. The Bertz CT molecular complexity index is 236. The minimum atomic E-state index is 0.796. The smallest absolute Gasteiger partial charge is 0.000985 e. The van der Waals surface area contributed by atoms with Gasteiger partial charge in [0.2, 0.25) is 0 Å². The molecule has 0 radical (unpaired) electrons. The van der Waals surface area contributed by atoms with Gasteiger partial charge < -0.3 is 15.5 Å². The fourth-order valence-corrected chi connectivity index (χ4v) is 3.82. The lowest BCUT2D eigenvalue weighted by atomic mass is 9.93. The number of piperidine rings is 1. The van der Waals surface area contributed by atoms with Crippen LogP contribution in [0.2, 0.25) is 0 Å². The van der Waals surface area contributed by atoms with Crippen LogP contribution in [0, 0.1) is 17.8 Å². The molecule has 3 heteroatoms. The first-order valence-electron chi connectivity index (χ1n) is 7.76. The molecule has 1 heterocycles. The first-order valence-corrected chi connectivity index (χ1v) is 7.76. The SMILES string of the molecule is CN1CCC(CN(C)CC2CCCC2CN)CC1. The van der Waals surface area contributed by atoms with E-state index in [9.17, 15) is 0 Å². The quantitative estimate of drug-likeness (QED) is 0.808. The lowest BCUT2D eigenvalue weighted by Crippen LogP contribution is -2.38. The van der Waals surface area contributed by atoms with Crippen molar-refractivity contribution in [1.82, 2.24) is 9.80 Å². The molecule has 2 fully saturated rings. The summed E-state index contributed by atoms with van der Waals surface area (Å²) in [6.45, 7) is 6.03. The fourth-order valence-electron chi connectivity index (χ4n) is 3.82. The van der Waals surface area contributed by atoms with E-state index in [0.717, 1.165) is 24.3 Å². The van der Waals surface area contributed by atoms with Crippen molar-refractivity contribution in [2.24, 2.45) is 23.5 Å². The Kier molecular flexibility index (Phi) is 5.46. The van der Waals surface area contributed by atoms with Crippen molar-refractivity contribution in [3.05, 3.63) is 0 Å². The van der Waals surface area contributed by atoms with Gasteiger partial charge in [0.1, 0.15) is 0 Å². The molecule has 2 atom stereocenters. The summed E-state index contributed by atoms with van der Waals surface area (Å²) in [7, 11) is 4.55. The first-order chi connectivity index (χ1) is 8.69. The average Bonchev–Trinajstić information content (AvgIpc) is 2.79. The molecule has 3 nitrogen and oxygen atoms in total. The topological polar surface area (TPSA) is 32.5 Å². The Morgan fingerprint density at radius 1 is 1.06 bits per heavy atom. The predicted octanol–water partition coefficient (Wildman–Crippen LogP) is 1.64. The predicted molar refractivity (Wildman–Crippen MR) is 77.6 cm³/mol. The highest BCUT2D eigenvalue weighted by molar-refractivity contribution is 4.81. The van der Waals surface area contributed by atoms with Gasteiger partial charge in [0, 0.05) is 13.1 Å².